The fourth-order valence-corrected chi connectivity index (χ4v) is 1.66. The molecule has 0 spiro atoms. The van der Waals surface area contributed by atoms with Crippen LogP contribution in [0, 0.1) is 6.92 Å². The average molecular weight is 242 g/mol. The van der Waals surface area contributed by atoms with Crippen LogP contribution in [0.2, 0.25) is 5.02 Å². The van der Waals surface area contributed by atoms with Crippen LogP contribution in [-0.4, -0.2) is 14.8 Å². The molecule has 0 aliphatic carbocycles. The van der Waals surface area contributed by atoms with Crippen LogP contribution in [0.5, 0.6) is 0 Å². The van der Waals surface area contributed by atoms with Crippen LogP contribution in [-0.2, 0) is 5.88 Å². The summed E-state index contributed by atoms with van der Waals surface area (Å²) in [6, 6.07) is 1.93. The monoisotopic (exact) mass is 241 g/mol. The Morgan fingerprint density at radius 2 is 2.20 bits per heavy atom. The molecule has 0 radical (unpaired) electrons. The number of pyridine rings is 1. The second kappa shape index (κ2) is 4.21. The van der Waals surface area contributed by atoms with Crippen molar-refractivity contribution in [2.75, 3.05) is 0 Å². The van der Waals surface area contributed by atoms with Crippen LogP contribution in [0.1, 0.15) is 11.3 Å². The van der Waals surface area contributed by atoms with E-state index in [1.165, 1.54) is 0 Å². The van der Waals surface area contributed by atoms with Gasteiger partial charge >= 0.3 is 0 Å². The highest BCUT2D eigenvalue weighted by molar-refractivity contribution is 6.30. The van der Waals surface area contributed by atoms with Gasteiger partial charge in [-0.3, -0.25) is 4.98 Å². The lowest BCUT2D eigenvalue weighted by Gasteiger charge is -2.07. The van der Waals surface area contributed by atoms with E-state index in [1.807, 2.05) is 13.0 Å². The first-order valence-corrected chi connectivity index (χ1v) is 5.34. The third kappa shape index (κ3) is 2.13. The summed E-state index contributed by atoms with van der Waals surface area (Å²) in [7, 11) is 0. The first kappa shape index (κ1) is 10.5. The van der Waals surface area contributed by atoms with Crippen molar-refractivity contribution < 1.29 is 0 Å². The number of aryl methyl sites for hydroxylation is 1. The molecule has 2 heterocycles. The minimum Gasteiger partial charge on any atom is -0.261 e. The summed E-state index contributed by atoms with van der Waals surface area (Å²) in [5, 5.41) is 4.74. The van der Waals surface area contributed by atoms with Crippen LogP contribution >= 0.6 is 23.2 Å². The molecule has 0 atom stereocenters. The van der Waals surface area contributed by atoms with Crippen molar-refractivity contribution in [3.05, 3.63) is 40.9 Å². The number of aromatic nitrogens is 3. The lowest BCUT2D eigenvalue weighted by atomic mass is 10.2. The van der Waals surface area contributed by atoms with E-state index < -0.39 is 0 Å². The maximum atomic E-state index is 5.83. The topological polar surface area (TPSA) is 30.7 Å². The van der Waals surface area contributed by atoms with Gasteiger partial charge in [-0.2, -0.15) is 5.10 Å². The summed E-state index contributed by atoms with van der Waals surface area (Å²) in [4.78, 5) is 4.18. The molecule has 0 aliphatic rings. The SMILES string of the molecule is Cc1cc(-n2cc(Cl)cn2)c(CCl)cn1. The van der Waals surface area contributed by atoms with Gasteiger partial charge in [0.05, 0.1) is 22.8 Å². The molecular weight excluding hydrogens is 233 g/mol. The van der Waals surface area contributed by atoms with Gasteiger partial charge in [0, 0.05) is 23.7 Å². The molecule has 0 bridgehead atoms. The first-order valence-electron chi connectivity index (χ1n) is 4.42. The highest BCUT2D eigenvalue weighted by Gasteiger charge is 2.06. The predicted molar refractivity (Wildman–Crippen MR) is 60.7 cm³/mol. The normalized spacial score (nSPS) is 10.6. The smallest absolute Gasteiger partial charge is 0.0790 e. The van der Waals surface area contributed by atoms with Gasteiger partial charge in [-0.25, -0.2) is 4.68 Å². The van der Waals surface area contributed by atoms with Gasteiger partial charge in [0.25, 0.3) is 0 Å². The zero-order chi connectivity index (χ0) is 10.8. The van der Waals surface area contributed by atoms with Crippen molar-refractivity contribution >= 4 is 23.2 Å². The van der Waals surface area contributed by atoms with Crippen molar-refractivity contribution in [1.29, 1.82) is 0 Å². The summed E-state index contributed by atoms with van der Waals surface area (Å²) in [5.74, 6) is 0.403. The highest BCUT2D eigenvalue weighted by Crippen LogP contribution is 2.18. The molecule has 0 aliphatic heterocycles. The predicted octanol–water partition coefficient (Wildman–Crippen LogP) is 2.97. The average Bonchev–Trinajstić information content (AvgIpc) is 2.65. The molecule has 0 N–H and O–H groups in total. The van der Waals surface area contributed by atoms with E-state index in [9.17, 15) is 0 Å². The minimum absolute atomic E-state index is 0.403. The third-order valence-corrected chi connectivity index (χ3v) is 2.52. The lowest BCUT2D eigenvalue weighted by molar-refractivity contribution is 0.863. The van der Waals surface area contributed by atoms with E-state index in [2.05, 4.69) is 10.1 Å². The molecule has 0 aromatic carbocycles. The quantitative estimate of drug-likeness (QED) is 0.758. The van der Waals surface area contributed by atoms with Crippen molar-refractivity contribution in [1.82, 2.24) is 14.8 Å². The fraction of sp³-hybridized carbons (Fsp3) is 0.200. The van der Waals surface area contributed by atoms with Crippen molar-refractivity contribution in [2.45, 2.75) is 12.8 Å². The van der Waals surface area contributed by atoms with Gasteiger partial charge in [0.15, 0.2) is 0 Å². The summed E-state index contributed by atoms with van der Waals surface area (Å²) in [5.41, 5.74) is 2.77. The zero-order valence-corrected chi connectivity index (χ0v) is 9.63. The van der Waals surface area contributed by atoms with Crippen molar-refractivity contribution in [3.8, 4) is 5.69 Å². The molecule has 78 valence electrons. The van der Waals surface area contributed by atoms with Crippen LogP contribution in [0.3, 0.4) is 0 Å². The highest BCUT2D eigenvalue weighted by atomic mass is 35.5. The number of nitrogens with zero attached hydrogens (tertiary/aromatic N) is 3. The molecule has 2 aromatic heterocycles. The van der Waals surface area contributed by atoms with E-state index in [1.54, 1.807) is 23.3 Å². The largest absolute Gasteiger partial charge is 0.261 e. The van der Waals surface area contributed by atoms with Crippen LogP contribution in [0.15, 0.2) is 24.7 Å². The molecule has 0 unspecified atom stereocenters. The number of halogens is 2. The van der Waals surface area contributed by atoms with E-state index in [4.69, 9.17) is 23.2 Å². The summed E-state index contributed by atoms with van der Waals surface area (Å²) in [6.07, 6.45) is 5.09. The Kier molecular flexibility index (Phi) is 2.93. The molecule has 5 heteroatoms. The van der Waals surface area contributed by atoms with E-state index >= 15 is 0 Å². The second-order valence-electron chi connectivity index (χ2n) is 3.19. The molecule has 0 amide bonds. The van der Waals surface area contributed by atoms with Crippen LogP contribution < -0.4 is 0 Å². The van der Waals surface area contributed by atoms with Gasteiger partial charge < -0.3 is 0 Å². The summed E-state index contributed by atoms with van der Waals surface area (Å²) >= 11 is 11.6. The van der Waals surface area contributed by atoms with Gasteiger partial charge in [-0.15, -0.1) is 11.6 Å². The maximum absolute atomic E-state index is 5.83. The zero-order valence-electron chi connectivity index (χ0n) is 8.11. The number of hydrogen-bond donors (Lipinski definition) is 0. The summed E-state index contributed by atoms with van der Waals surface area (Å²) < 4.78 is 1.70. The molecule has 0 saturated carbocycles. The molecule has 15 heavy (non-hydrogen) atoms. The molecular formula is C10H9Cl2N3. The Morgan fingerprint density at radius 3 is 2.80 bits per heavy atom. The number of alkyl halides is 1. The second-order valence-corrected chi connectivity index (χ2v) is 3.89. The molecule has 0 saturated heterocycles. The Bertz CT molecular complexity index is 479. The van der Waals surface area contributed by atoms with Gasteiger partial charge in [-0.1, -0.05) is 11.6 Å². The number of hydrogen-bond acceptors (Lipinski definition) is 2. The van der Waals surface area contributed by atoms with Crippen LogP contribution in [0.4, 0.5) is 0 Å². The fourth-order valence-electron chi connectivity index (χ4n) is 1.32. The standard InChI is InChI=1S/C10H9Cl2N3/c1-7-2-10(8(3-11)4-13-7)15-6-9(12)5-14-15/h2,4-6H,3H2,1H3. The molecule has 2 rings (SSSR count). The van der Waals surface area contributed by atoms with E-state index in [0.717, 1.165) is 16.9 Å². The molecule has 2 aromatic rings. The first-order chi connectivity index (χ1) is 7.20. The number of rotatable bonds is 2. The Balaban J connectivity index is 2.55. The van der Waals surface area contributed by atoms with Gasteiger partial charge in [0.1, 0.15) is 0 Å². The summed E-state index contributed by atoms with van der Waals surface area (Å²) in [6.45, 7) is 1.92. The Morgan fingerprint density at radius 1 is 1.40 bits per heavy atom. The van der Waals surface area contributed by atoms with E-state index in [0.29, 0.717) is 10.9 Å². The van der Waals surface area contributed by atoms with E-state index in [-0.39, 0.29) is 0 Å². The Hall–Kier alpha value is -1.06. The van der Waals surface area contributed by atoms with Gasteiger partial charge in [-0.05, 0) is 13.0 Å². The lowest BCUT2D eigenvalue weighted by Crippen LogP contribution is -2.00. The maximum Gasteiger partial charge on any atom is 0.0790 e. The van der Waals surface area contributed by atoms with Crippen LogP contribution in [0.25, 0.3) is 5.69 Å². The minimum atomic E-state index is 0.403. The van der Waals surface area contributed by atoms with Crippen molar-refractivity contribution in [3.63, 3.8) is 0 Å². The Labute approximate surface area is 97.7 Å². The third-order valence-electron chi connectivity index (χ3n) is 2.04. The molecule has 0 fully saturated rings. The van der Waals surface area contributed by atoms with Crippen molar-refractivity contribution in [2.24, 2.45) is 0 Å². The molecule has 3 nitrogen and oxygen atoms in total. The van der Waals surface area contributed by atoms with Gasteiger partial charge in [0.2, 0.25) is 0 Å².